The summed E-state index contributed by atoms with van der Waals surface area (Å²) in [6.45, 7) is 2.91. The molecule has 31 heavy (non-hydrogen) atoms. The first-order chi connectivity index (χ1) is 15.0. The van der Waals surface area contributed by atoms with E-state index in [2.05, 4.69) is 26.9 Å². The SMILES string of the molecule is C[C@@H]1CCCN(C(=O)c2cc(Cl)ccc2-c2ncccn2)[C@@H]1CCc1ncc(Cl)cn1. The zero-order chi connectivity index (χ0) is 21.8. The standard InChI is InChI=1S/C23H23Cl2N5O/c1-15-4-2-11-30(20(15)7-8-21-28-13-17(25)14-29-21)23(31)19-12-16(24)5-6-18(19)22-26-9-3-10-27-22/h3,5-6,9-10,12-15,20H,2,4,7-8,11H2,1H3/t15-,20-/m1/s1. The summed E-state index contributed by atoms with van der Waals surface area (Å²) < 4.78 is 0. The minimum absolute atomic E-state index is 0.0430. The van der Waals surface area contributed by atoms with Gasteiger partial charge in [0.2, 0.25) is 0 Å². The average molecular weight is 456 g/mol. The van der Waals surface area contributed by atoms with Crippen molar-refractivity contribution >= 4 is 29.1 Å². The molecule has 1 aliphatic rings. The molecular weight excluding hydrogens is 433 g/mol. The van der Waals surface area contributed by atoms with Gasteiger partial charge in [0.25, 0.3) is 5.91 Å². The number of hydrogen-bond acceptors (Lipinski definition) is 5. The number of amides is 1. The number of nitrogens with zero attached hydrogens (tertiary/aromatic N) is 5. The van der Waals surface area contributed by atoms with E-state index in [9.17, 15) is 4.79 Å². The van der Waals surface area contributed by atoms with Crippen molar-refractivity contribution in [3.63, 3.8) is 0 Å². The second-order valence-corrected chi connectivity index (χ2v) is 8.68. The van der Waals surface area contributed by atoms with Crippen LogP contribution in [0.15, 0.2) is 49.1 Å². The van der Waals surface area contributed by atoms with E-state index < -0.39 is 0 Å². The summed E-state index contributed by atoms with van der Waals surface area (Å²) in [7, 11) is 0. The number of piperidine rings is 1. The number of hydrogen-bond donors (Lipinski definition) is 0. The normalized spacial score (nSPS) is 18.7. The van der Waals surface area contributed by atoms with E-state index in [4.69, 9.17) is 23.2 Å². The number of aryl methyl sites for hydroxylation is 1. The lowest BCUT2D eigenvalue weighted by molar-refractivity contribution is 0.0499. The maximum absolute atomic E-state index is 13.7. The second kappa shape index (κ2) is 9.71. The second-order valence-electron chi connectivity index (χ2n) is 7.80. The Bertz CT molecular complexity index is 1050. The lowest BCUT2D eigenvalue weighted by Gasteiger charge is -2.40. The van der Waals surface area contributed by atoms with Gasteiger partial charge in [-0.05, 0) is 49.4 Å². The van der Waals surface area contributed by atoms with Crippen LogP contribution in [-0.2, 0) is 6.42 Å². The van der Waals surface area contributed by atoms with E-state index in [1.807, 2.05) is 11.0 Å². The molecule has 0 spiro atoms. The third-order valence-corrected chi connectivity index (χ3v) is 6.16. The molecule has 0 N–H and O–H groups in total. The first kappa shape index (κ1) is 21.7. The van der Waals surface area contributed by atoms with Crippen LogP contribution in [0.4, 0.5) is 0 Å². The number of halogens is 2. The highest BCUT2D eigenvalue weighted by Gasteiger charge is 2.33. The van der Waals surface area contributed by atoms with Gasteiger partial charge < -0.3 is 4.90 Å². The summed E-state index contributed by atoms with van der Waals surface area (Å²) in [5.74, 6) is 1.58. The molecule has 1 saturated heterocycles. The zero-order valence-corrected chi connectivity index (χ0v) is 18.7. The Morgan fingerprint density at radius 3 is 2.58 bits per heavy atom. The first-order valence-corrected chi connectivity index (χ1v) is 11.1. The van der Waals surface area contributed by atoms with E-state index in [-0.39, 0.29) is 11.9 Å². The molecule has 3 heterocycles. The van der Waals surface area contributed by atoms with E-state index in [0.717, 1.165) is 25.1 Å². The number of likely N-dealkylation sites (tertiary alicyclic amines) is 1. The predicted octanol–water partition coefficient (Wildman–Crippen LogP) is 5.11. The molecule has 0 unspecified atom stereocenters. The van der Waals surface area contributed by atoms with Gasteiger partial charge in [0.1, 0.15) is 5.82 Å². The highest BCUT2D eigenvalue weighted by molar-refractivity contribution is 6.31. The van der Waals surface area contributed by atoms with Gasteiger partial charge in [-0.3, -0.25) is 4.79 Å². The van der Waals surface area contributed by atoms with Crippen molar-refractivity contribution in [3.8, 4) is 11.4 Å². The number of rotatable bonds is 5. The summed E-state index contributed by atoms with van der Waals surface area (Å²) >= 11 is 12.2. The van der Waals surface area contributed by atoms with Crippen molar-refractivity contribution in [3.05, 3.63) is 70.5 Å². The molecule has 6 nitrogen and oxygen atoms in total. The summed E-state index contributed by atoms with van der Waals surface area (Å²) in [5, 5.41) is 1.03. The molecule has 1 aliphatic heterocycles. The number of carbonyl (C=O) groups excluding carboxylic acids is 1. The van der Waals surface area contributed by atoms with Crippen molar-refractivity contribution in [2.45, 2.75) is 38.6 Å². The Hall–Kier alpha value is -2.57. The van der Waals surface area contributed by atoms with Crippen molar-refractivity contribution in [2.24, 2.45) is 5.92 Å². The van der Waals surface area contributed by atoms with Crippen LogP contribution in [0.25, 0.3) is 11.4 Å². The van der Waals surface area contributed by atoms with Crippen LogP contribution < -0.4 is 0 Å². The highest BCUT2D eigenvalue weighted by atomic mass is 35.5. The molecule has 0 aliphatic carbocycles. The topological polar surface area (TPSA) is 71.9 Å². The van der Waals surface area contributed by atoms with E-state index in [1.165, 1.54) is 0 Å². The summed E-state index contributed by atoms with van der Waals surface area (Å²) in [4.78, 5) is 33.0. The molecule has 3 aromatic rings. The van der Waals surface area contributed by atoms with Crippen LogP contribution in [0.2, 0.25) is 10.0 Å². The number of aromatic nitrogens is 4. The van der Waals surface area contributed by atoms with Gasteiger partial charge >= 0.3 is 0 Å². The Balaban J connectivity index is 1.61. The average Bonchev–Trinajstić information content (AvgIpc) is 2.79. The van der Waals surface area contributed by atoms with Crippen LogP contribution in [0, 0.1) is 5.92 Å². The maximum atomic E-state index is 13.7. The first-order valence-electron chi connectivity index (χ1n) is 10.4. The van der Waals surface area contributed by atoms with Crippen LogP contribution in [0.5, 0.6) is 0 Å². The van der Waals surface area contributed by atoms with Gasteiger partial charge in [-0.2, -0.15) is 0 Å². The van der Waals surface area contributed by atoms with E-state index >= 15 is 0 Å². The Morgan fingerprint density at radius 2 is 1.84 bits per heavy atom. The summed E-state index contributed by atoms with van der Waals surface area (Å²) in [6, 6.07) is 7.13. The van der Waals surface area contributed by atoms with Gasteiger partial charge in [-0.25, -0.2) is 19.9 Å². The zero-order valence-electron chi connectivity index (χ0n) is 17.2. The summed E-state index contributed by atoms with van der Waals surface area (Å²) in [6.07, 6.45) is 10.1. The fraction of sp³-hybridized carbons (Fsp3) is 0.348. The Labute approximate surface area is 191 Å². The van der Waals surface area contributed by atoms with Gasteiger partial charge in [0, 0.05) is 54.4 Å². The molecule has 4 rings (SSSR count). The minimum Gasteiger partial charge on any atom is -0.335 e. The molecule has 0 saturated carbocycles. The van der Waals surface area contributed by atoms with Crippen LogP contribution in [0.3, 0.4) is 0 Å². The monoisotopic (exact) mass is 455 g/mol. The van der Waals surface area contributed by atoms with Gasteiger partial charge in [-0.1, -0.05) is 30.1 Å². The molecule has 1 amide bonds. The lowest BCUT2D eigenvalue weighted by atomic mass is 9.87. The molecular formula is C23H23Cl2N5O. The van der Waals surface area contributed by atoms with Crippen molar-refractivity contribution in [2.75, 3.05) is 6.54 Å². The molecule has 160 valence electrons. The largest absolute Gasteiger partial charge is 0.335 e. The fourth-order valence-corrected chi connectivity index (χ4v) is 4.44. The summed E-state index contributed by atoms with van der Waals surface area (Å²) in [5.41, 5.74) is 1.22. The third-order valence-electron chi connectivity index (χ3n) is 5.73. The van der Waals surface area contributed by atoms with E-state index in [0.29, 0.717) is 45.9 Å². The quantitative estimate of drug-likeness (QED) is 0.533. The van der Waals surface area contributed by atoms with Crippen LogP contribution in [-0.4, -0.2) is 43.3 Å². The van der Waals surface area contributed by atoms with Gasteiger partial charge in [-0.15, -0.1) is 0 Å². The Kier molecular flexibility index (Phi) is 6.78. The highest BCUT2D eigenvalue weighted by Crippen LogP contribution is 2.31. The molecule has 1 fully saturated rings. The maximum Gasteiger partial charge on any atom is 0.254 e. The lowest BCUT2D eigenvalue weighted by Crippen LogP contribution is -2.48. The molecule has 1 aromatic carbocycles. The van der Waals surface area contributed by atoms with Gasteiger partial charge in [0.05, 0.1) is 10.6 Å². The van der Waals surface area contributed by atoms with Crippen LogP contribution >= 0.6 is 23.2 Å². The van der Waals surface area contributed by atoms with Crippen molar-refractivity contribution in [1.82, 2.24) is 24.8 Å². The molecule has 2 atom stereocenters. The van der Waals surface area contributed by atoms with Crippen molar-refractivity contribution < 1.29 is 4.79 Å². The number of carbonyl (C=O) groups is 1. The van der Waals surface area contributed by atoms with Gasteiger partial charge in [0.15, 0.2) is 5.82 Å². The van der Waals surface area contributed by atoms with E-state index in [1.54, 1.807) is 43.0 Å². The molecule has 2 aromatic heterocycles. The fourth-order valence-electron chi connectivity index (χ4n) is 4.17. The van der Waals surface area contributed by atoms with Crippen molar-refractivity contribution in [1.29, 1.82) is 0 Å². The molecule has 8 heteroatoms. The minimum atomic E-state index is -0.0430. The Morgan fingerprint density at radius 1 is 1.10 bits per heavy atom. The number of benzene rings is 1. The predicted molar refractivity (Wildman–Crippen MR) is 121 cm³/mol. The molecule has 0 radical (unpaired) electrons. The smallest absolute Gasteiger partial charge is 0.254 e. The van der Waals surface area contributed by atoms with Crippen LogP contribution in [0.1, 0.15) is 42.4 Å². The third kappa shape index (κ3) is 5.02. The molecule has 0 bridgehead atoms.